The van der Waals surface area contributed by atoms with Gasteiger partial charge in [0, 0.05) is 23.3 Å². The molecule has 0 aliphatic carbocycles. The van der Waals surface area contributed by atoms with Crippen molar-refractivity contribution in [2.24, 2.45) is 0 Å². The van der Waals surface area contributed by atoms with Crippen LogP contribution in [0.5, 0.6) is 28.7 Å². The van der Waals surface area contributed by atoms with E-state index >= 15 is 0 Å². The summed E-state index contributed by atoms with van der Waals surface area (Å²) >= 11 is 0. The molecule has 0 fully saturated rings. The van der Waals surface area contributed by atoms with E-state index in [1.165, 1.54) is 11.6 Å². The van der Waals surface area contributed by atoms with Crippen LogP contribution in [0, 0.1) is 0 Å². The maximum Gasteiger partial charge on any atom is 0.174 e. The van der Waals surface area contributed by atoms with Gasteiger partial charge in [-0.15, -0.1) is 0 Å². The number of benzene rings is 2. The van der Waals surface area contributed by atoms with E-state index < -0.39 is 6.10 Å². The van der Waals surface area contributed by atoms with Crippen LogP contribution in [0.15, 0.2) is 53.1 Å². The van der Waals surface area contributed by atoms with Gasteiger partial charge in [0.15, 0.2) is 5.78 Å². The molecule has 0 amide bonds. The Balaban J connectivity index is 2.02. The Morgan fingerprint density at radius 1 is 0.917 bits per heavy atom. The lowest BCUT2D eigenvalue weighted by Crippen LogP contribution is -2.21. The van der Waals surface area contributed by atoms with E-state index in [1.807, 2.05) is 32.9 Å². The largest absolute Gasteiger partial charge is 0.508 e. The molecule has 0 aromatic heterocycles. The van der Waals surface area contributed by atoms with E-state index in [2.05, 4.69) is 19.9 Å². The summed E-state index contributed by atoms with van der Waals surface area (Å²) in [5.74, 6) is -0.958. The number of ether oxygens (including phenoxy) is 1. The van der Waals surface area contributed by atoms with Crippen LogP contribution < -0.4 is 4.74 Å². The van der Waals surface area contributed by atoms with E-state index in [1.54, 1.807) is 6.07 Å². The van der Waals surface area contributed by atoms with Crippen molar-refractivity contribution in [3.63, 3.8) is 0 Å². The number of carbonyl (C=O) groups is 1. The van der Waals surface area contributed by atoms with Gasteiger partial charge < -0.3 is 25.2 Å². The fraction of sp³-hybridized carbons (Fsp3) is 0.367. The third kappa shape index (κ3) is 6.30. The first kappa shape index (κ1) is 26.9. The lowest BCUT2D eigenvalue weighted by molar-refractivity contribution is 0.0842. The van der Waals surface area contributed by atoms with Crippen LogP contribution in [0.1, 0.15) is 87.0 Å². The summed E-state index contributed by atoms with van der Waals surface area (Å²) in [4.78, 5) is 12.9. The molecule has 0 bridgehead atoms. The first-order chi connectivity index (χ1) is 17.0. The van der Waals surface area contributed by atoms with Gasteiger partial charge in [-0.25, -0.2) is 0 Å². The highest BCUT2D eigenvalue weighted by atomic mass is 16.5. The van der Waals surface area contributed by atoms with Crippen molar-refractivity contribution in [2.75, 3.05) is 0 Å². The molecule has 0 saturated carbocycles. The van der Waals surface area contributed by atoms with Crippen molar-refractivity contribution in [3.8, 4) is 28.7 Å². The summed E-state index contributed by atoms with van der Waals surface area (Å²) in [7, 11) is 0. The smallest absolute Gasteiger partial charge is 0.174 e. The summed E-state index contributed by atoms with van der Waals surface area (Å²) in [6, 6.07) is 4.05. The minimum Gasteiger partial charge on any atom is -0.508 e. The van der Waals surface area contributed by atoms with Gasteiger partial charge >= 0.3 is 0 Å². The first-order valence-electron chi connectivity index (χ1n) is 12.2. The third-order valence-corrected chi connectivity index (χ3v) is 6.29. The van der Waals surface area contributed by atoms with Crippen LogP contribution in [-0.4, -0.2) is 26.2 Å². The van der Waals surface area contributed by atoms with E-state index in [0.29, 0.717) is 29.5 Å². The van der Waals surface area contributed by atoms with Crippen molar-refractivity contribution >= 4 is 5.78 Å². The molecule has 1 aliphatic rings. The SMILES string of the molecule is CC(C)=CCC/C(C)=C/Cc1c(O)c(CC=C(C)C)cc([C@H]2CC(=O)c3c(O)cc(O)cc3O2)c1O. The fourth-order valence-corrected chi connectivity index (χ4v) is 4.28. The predicted octanol–water partition coefficient (Wildman–Crippen LogP) is 6.96. The van der Waals surface area contributed by atoms with Gasteiger partial charge in [-0.2, -0.15) is 0 Å². The van der Waals surface area contributed by atoms with Crippen molar-refractivity contribution in [2.45, 2.75) is 72.8 Å². The maximum absolute atomic E-state index is 12.9. The van der Waals surface area contributed by atoms with Crippen molar-refractivity contribution in [1.82, 2.24) is 0 Å². The number of phenolic OH excluding ortho intramolecular Hbond substituents is 4. The van der Waals surface area contributed by atoms with Crippen LogP contribution in [0.3, 0.4) is 0 Å². The third-order valence-electron chi connectivity index (χ3n) is 6.29. The molecule has 1 aliphatic heterocycles. The molecule has 4 N–H and O–H groups in total. The van der Waals surface area contributed by atoms with Crippen LogP contribution in [0.25, 0.3) is 0 Å². The molecule has 6 nitrogen and oxygen atoms in total. The Morgan fingerprint density at radius 3 is 2.28 bits per heavy atom. The monoisotopic (exact) mass is 492 g/mol. The molecule has 1 heterocycles. The summed E-state index contributed by atoms with van der Waals surface area (Å²) in [5.41, 5.74) is 4.90. The van der Waals surface area contributed by atoms with E-state index in [9.17, 15) is 25.2 Å². The number of hydrogen-bond donors (Lipinski definition) is 4. The number of rotatable bonds is 8. The summed E-state index contributed by atoms with van der Waals surface area (Å²) in [5, 5.41) is 42.3. The van der Waals surface area contributed by atoms with Gasteiger partial charge in [0.1, 0.15) is 40.4 Å². The molecule has 0 radical (unpaired) electrons. The molecule has 2 aromatic carbocycles. The maximum atomic E-state index is 12.9. The van der Waals surface area contributed by atoms with Gasteiger partial charge in [0.25, 0.3) is 0 Å². The molecule has 0 saturated heterocycles. The Kier molecular flexibility index (Phi) is 8.51. The van der Waals surface area contributed by atoms with Crippen molar-refractivity contribution in [1.29, 1.82) is 0 Å². The summed E-state index contributed by atoms with van der Waals surface area (Å²) in [6.45, 7) is 10.1. The molecule has 1 atom stereocenters. The molecular formula is C30H36O6. The van der Waals surface area contributed by atoms with Crippen LogP contribution in [0.4, 0.5) is 0 Å². The molecule has 2 aromatic rings. The molecule has 192 valence electrons. The van der Waals surface area contributed by atoms with E-state index in [0.717, 1.165) is 30.1 Å². The normalized spacial score (nSPS) is 15.2. The predicted molar refractivity (Wildman–Crippen MR) is 141 cm³/mol. The first-order valence-corrected chi connectivity index (χ1v) is 12.2. The number of ketones is 1. The van der Waals surface area contributed by atoms with E-state index in [-0.39, 0.29) is 46.5 Å². The van der Waals surface area contributed by atoms with Gasteiger partial charge in [0.05, 0.1) is 6.42 Å². The summed E-state index contributed by atoms with van der Waals surface area (Å²) in [6.07, 6.45) is 7.81. The molecule has 6 heteroatoms. The van der Waals surface area contributed by atoms with Gasteiger partial charge in [0.2, 0.25) is 0 Å². The Labute approximate surface area is 212 Å². The average Bonchev–Trinajstić information content (AvgIpc) is 2.77. The Bertz CT molecular complexity index is 1240. The number of fused-ring (bicyclic) bond motifs is 1. The molecular weight excluding hydrogens is 456 g/mol. The highest BCUT2D eigenvalue weighted by Gasteiger charge is 2.33. The molecule has 0 unspecified atom stereocenters. The number of Topliss-reactive ketones (excluding diaryl/α,β-unsaturated/α-hetero) is 1. The second-order valence-electron chi connectivity index (χ2n) is 9.93. The van der Waals surface area contributed by atoms with Crippen LogP contribution in [-0.2, 0) is 12.8 Å². The minimum atomic E-state index is -0.834. The fourth-order valence-electron chi connectivity index (χ4n) is 4.28. The Hall–Kier alpha value is -3.67. The number of phenols is 4. The van der Waals surface area contributed by atoms with Crippen molar-refractivity contribution < 1.29 is 30.0 Å². The van der Waals surface area contributed by atoms with Crippen molar-refractivity contribution in [3.05, 3.63) is 75.4 Å². The Morgan fingerprint density at radius 2 is 1.61 bits per heavy atom. The lowest BCUT2D eigenvalue weighted by atomic mass is 9.90. The topological polar surface area (TPSA) is 107 Å². The number of hydrogen-bond acceptors (Lipinski definition) is 6. The van der Waals surface area contributed by atoms with Gasteiger partial charge in [-0.1, -0.05) is 34.9 Å². The quantitative estimate of drug-likeness (QED) is 0.297. The highest BCUT2D eigenvalue weighted by Crippen LogP contribution is 2.46. The second-order valence-corrected chi connectivity index (χ2v) is 9.93. The molecule has 36 heavy (non-hydrogen) atoms. The lowest BCUT2D eigenvalue weighted by Gasteiger charge is -2.28. The van der Waals surface area contributed by atoms with Crippen LogP contribution in [0.2, 0.25) is 0 Å². The molecule has 0 spiro atoms. The zero-order valence-corrected chi connectivity index (χ0v) is 21.7. The zero-order chi connectivity index (χ0) is 26.6. The summed E-state index contributed by atoms with van der Waals surface area (Å²) < 4.78 is 5.99. The number of allylic oxidation sites excluding steroid dienone is 6. The number of aromatic hydroxyl groups is 4. The zero-order valence-electron chi connectivity index (χ0n) is 21.7. The highest BCUT2D eigenvalue weighted by molar-refractivity contribution is 6.02. The average molecular weight is 493 g/mol. The standard InChI is InChI=1S/C30H36O6/c1-17(2)7-6-8-19(5)10-12-22-29(34)20(11-9-18(3)4)13-23(30(22)35)26-16-25(33)28-24(32)14-21(31)15-27(28)36-26/h7,9-10,13-15,26,31-32,34-35H,6,8,11-12,16H2,1-5H3/b19-10+/t26-/m1/s1. The van der Waals surface area contributed by atoms with Crippen LogP contribution >= 0.6 is 0 Å². The minimum absolute atomic E-state index is 0.0160. The van der Waals surface area contributed by atoms with Gasteiger partial charge in [-0.3, -0.25) is 4.79 Å². The van der Waals surface area contributed by atoms with E-state index in [4.69, 9.17) is 4.74 Å². The second kappa shape index (κ2) is 11.4. The number of carbonyl (C=O) groups excluding carboxylic acids is 1. The molecule has 3 rings (SSSR count). The van der Waals surface area contributed by atoms with Gasteiger partial charge in [-0.05, 0) is 71.9 Å².